The third-order valence-corrected chi connectivity index (χ3v) is 4.28. The van der Waals surface area contributed by atoms with Crippen LogP contribution in [0.1, 0.15) is 16.9 Å². The minimum atomic E-state index is 0.0205. The number of carbonyl (C=O) groups is 1. The average molecular weight is 335 g/mol. The fraction of sp³-hybridized carbons (Fsp3) is 0.353. The minimum Gasteiger partial charge on any atom is -0.493 e. The van der Waals surface area contributed by atoms with Crippen molar-refractivity contribution in [3.8, 4) is 17.2 Å². The Hall–Kier alpha value is -2.21. The summed E-state index contributed by atoms with van der Waals surface area (Å²) in [5.74, 6) is 1.77. The fourth-order valence-corrected chi connectivity index (χ4v) is 2.87. The highest BCUT2D eigenvalue weighted by atomic mass is 32.1. The number of methoxy groups -OCH3 is 3. The molecule has 0 atom stereocenters. The normalized spacial score (nSPS) is 10.2. The molecule has 23 heavy (non-hydrogen) atoms. The molecule has 0 saturated heterocycles. The topological polar surface area (TPSA) is 56.8 Å². The summed E-state index contributed by atoms with van der Waals surface area (Å²) in [6.45, 7) is 0.575. The monoisotopic (exact) mass is 335 g/mol. The Balaban J connectivity index is 1.95. The van der Waals surface area contributed by atoms with Crippen LogP contribution in [0, 0.1) is 0 Å². The highest BCUT2D eigenvalue weighted by molar-refractivity contribution is 7.09. The molecule has 0 bridgehead atoms. The first-order valence-electron chi connectivity index (χ1n) is 7.26. The van der Waals surface area contributed by atoms with Gasteiger partial charge in [-0.15, -0.1) is 11.3 Å². The first-order chi connectivity index (χ1) is 11.2. The summed E-state index contributed by atoms with van der Waals surface area (Å²) in [6, 6.07) is 7.72. The molecule has 2 rings (SSSR count). The molecule has 1 aromatic heterocycles. The molecule has 1 N–H and O–H groups in total. The molecule has 0 aliphatic rings. The predicted molar refractivity (Wildman–Crippen MR) is 90.6 cm³/mol. The molecule has 0 radical (unpaired) electrons. The SMILES string of the molecule is COc1cc(CCC(=O)NCc2cccs2)cc(OC)c1OC. The van der Waals surface area contributed by atoms with E-state index < -0.39 is 0 Å². The highest BCUT2D eigenvalue weighted by Crippen LogP contribution is 2.38. The van der Waals surface area contributed by atoms with Gasteiger partial charge in [-0.1, -0.05) is 6.07 Å². The van der Waals surface area contributed by atoms with Crippen molar-refractivity contribution in [2.75, 3.05) is 21.3 Å². The van der Waals surface area contributed by atoms with Crippen LogP contribution in [-0.4, -0.2) is 27.2 Å². The zero-order chi connectivity index (χ0) is 16.7. The third-order valence-electron chi connectivity index (χ3n) is 3.41. The van der Waals surface area contributed by atoms with Crippen LogP contribution in [0.15, 0.2) is 29.6 Å². The van der Waals surface area contributed by atoms with Crippen LogP contribution in [0.3, 0.4) is 0 Å². The Bertz CT molecular complexity index is 615. The maximum atomic E-state index is 11.9. The lowest BCUT2D eigenvalue weighted by Gasteiger charge is -2.14. The minimum absolute atomic E-state index is 0.0205. The predicted octanol–water partition coefficient (Wildman–Crippen LogP) is 3.02. The van der Waals surface area contributed by atoms with Crippen LogP contribution in [-0.2, 0) is 17.8 Å². The van der Waals surface area contributed by atoms with Crippen molar-refractivity contribution in [2.45, 2.75) is 19.4 Å². The van der Waals surface area contributed by atoms with Crippen molar-refractivity contribution in [1.29, 1.82) is 0 Å². The number of amides is 1. The van der Waals surface area contributed by atoms with Crippen LogP contribution in [0.25, 0.3) is 0 Å². The number of ether oxygens (including phenoxy) is 3. The first-order valence-corrected chi connectivity index (χ1v) is 8.13. The molecule has 2 aromatic rings. The van der Waals surface area contributed by atoms with E-state index in [1.165, 1.54) is 0 Å². The molecule has 0 spiro atoms. The quantitative estimate of drug-likeness (QED) is 0.806. The van der Waals surface area contributed by atoms with Crippen LogP contribution >= 0.6 is 11.3 Å². The molecule has 0 saturated carbocycles. The lowest BCUT2D eigenvalue weighted by atomic mass is 10.1. The van der Waals surface area contributed by atoms with Gasteiger partial charge in [0, 0.05) is 11.3 Å². The highest BCUT2D eigenvalue weighted by Gasteiger charge is 2.13. The number of aryl methyl sites for hydroxylation is 1. The van der Waals surface area contributed by atoms with Gasteiger partial charge in [0.2, 0.25) is 11.7 Å². The van der Waals surface area contributed by atoms with E-state index in [4.69, 9.17) is 14.2 Å². The summed E-state index contributed by atoms with van der Waals surface area (Å²) in [7, 11) is 4.72. The molecule has 6 heteroatoms. The lowest BCUT2D eigenvalue weighted by molar-refractivity contribution is -0.121. The molecule has 124 valence electrons. The maximum absolute atomic E-state index is 11.9. The molecule has 0 unspecified atom stereocenters. The average Bonchev–Trinajstić information content (AvgIpc) is 3.10. The number of thiophene rings is 1. The Kier molecular flexibility index (Phi) is 6.29. The summed E-state index contributed by atoms with van der Waals surface area (Å²) in [6.07, 6.45) is 1.01. The molecule has 1 heterocycles. The van der Waals surface area contributed by atoms with Gasteiger partial charge in [-0.05, 0) is 35.6 Å². The van der Waals surface area contributed by atoms with Gasteiger partial charge in [0.05, 0.1) is 27.9 Å². The zero-order valence-corrected chi connectivity index (χ0v) is 14.4. The van der Waals surface area contributed by atoms with E-state index in [0.29, 0.717) is 36.6 Å². The van der Waals surface area contributed by atoms with Crippen LogP contribution in [0.2, 0.25) is 0 Å². The van der Waals surface area contributed by atoms with Gasteiger partial charge < -0.3 is 19.5 Å². The van der Waals surface area contributed by atoms with Crippen LogP contribution < -0.4 is 19.5 Å². The van der Waals surface area contributed by atoms with Crippen molar-refractivity contribution in [1.82, 2.24) is 5.32 Å². The van der Waals surface area contributed by atoms with Gasteiger partial charge in [-0.3, -0.25) is 4.79 Å². The summed E-state index contributed by atoms with van der Waals surface area (Å²) >= 11 is 1.63. The summed E-state index contributed by atoms with van der Waals surface area (Å²) in [4.78, 5) is 13.1. The van der Waals surface area contributed by atoms with Gasteiger partial charge in [-0.2, -0.15) is 0 Å². The van der Waals surface area contributed by atoms with Crippen molar-refractivity contribution < 1.29 is 19.0 Å². The smallest absolute Gasteiger partial charge is 0.220 e. The third kappa shape index (κ3) is 4.63. The molecular formula is C17H21NO4S. The summed E-state index contributed by atoms with van der Waals surface area (Å²) in [5, 5.41) is 4.92. The van der Waals surface area contributed by atoms with E-state index in [1.54, 1.807) is 32.7 Å². The van der Waals surface area contributed by atoms with Gasteiger partial charge in [-0.25, -0.2) is 0 Å². The number of carbonyl (C=O) groups excluding carboxylic acids is 1. The number of hydrogen-bond acceptors (Lipinski definition) is 5. The lowest BCUT2D eigenvalue weighted by Crippen LogP contribution is -2.22. The number of rotatable bonds is 8. The van der Waals surface area contributed by atoms with E-state index >= 15 is 0 Å². The van der Waals surface area contributed by atoms with E-state index in [1.807, 2.05) is 29.6 Å². The number of nitrogens with one attached hydrogen (secondary N) is 1. The Morgan fingerprint density at radius 3 is 2.35 bits per heavy atom. The van der Waals surface area contributed by atoms with Crippen molar-refractivity contribution in [3.05, 3.63) is 40.1 Å². The molecule has 0 fully saturated rings. The second-order valence-corrected chi connectivity index (χ2v) is 5.92. The van der Waals surface area contributed by atoms with E-state index in [2.05, 4.69) is 5.32 Å². The molecule has 1 aromatic carbocycles. The van der Waals surface area contributed by atoms with E-state index in [9.17, 15) is 4.79 Å². The molecule has 5 nitrogen and oxygen atoms in total. The van der Waals surface area contributed by atoms with Gasteiger partial charge in [0.25, 0.3) is 0 Å². The van der Waals surface area contributed by atoms with Crippen LogP contribution in [0.5, 0.6) is 17.2 Å². The van der Waals surface area contributed by atoms with Crippen molar-refractivity contribution in [3.63, 3.8) is 0 Å². The summed E-state index contributed by atoms with van der Waals surface area (Å²) in [5.41, 5.74) is 0.964. The van der Waals surface area contributed by atoms with Gasteiger partial charge >= 0.3 is 0 Å². The second kappa shape index (κ2) is 8.43. The van der Waals surface area contributed by atoms with Crippen LogP contribution in [0.4, 0.5) is 0 Å². The standard InChI is InChI=1S/C17H21NO4S/c1-20-14-9-12(10-15(21-2)17(14)22-3)6-7-16(19)18-11-13-5-4-8-23-13/h4-5,8-10H,6-7,11H2,1-3H3,(H,18,19). The van der Waals surface area contributed by atoms with Crippen molar-refractivity contribution >= 4 is 17.2 Å². The van der Waals surface area contributed by atoms with E-state index in [0.717, 1.165) is 10.4 Å². The Labute approximate surface area is 140 Å². The zero-order valence-electron chi connectivity index (χ0n) is 13.5. The number of hydrogen-bond donors (Lipinski definition) is 1. The Morgan fingerprint density at radius 2 is 1.83 bits per heavy atom. The molecule has 0 aliphatic carbocycles. The van der Waals surface area contributed by atoms with Gasteiger partial charge in [0.1, 0.15) is 0 Å². The number of benzene rings is 1. The molecule has 0 aliphatic heterocycles. The second-order valence-electron chi connectivity index (χ2n) is 4.89. The summed E-state index contributed by atoms with van der Waals surface area (Å²) < 4.78 is 15.9. The van der Waals surface area contributed by atoms with E-state index in [-0.39, 0.29) is 5.91 Å². The molecular weight excluding hydrogens is 314 g/mol. The first kappa shape index (κ1) is 17.1. The Morgan fingerprint density at radius 1 is 1.13 bits per heavy atom. The largest absolute Gasteiger partial charge is 0.493 e. The molecule has 1 amide bonds. The van der Waals surface area contributed by atoms with Gasteiger partial charge in [0.15, 0.2) is 11.5 Å². The van der Waals surface area contributed by atoms with Crippen molar-refractivity contribution in [2.24, 2.45) is 0 Å². The maximum Gasteiger partial charge on any atom is 0.220 e. The fourth-order valence-electron chi connectivity index (χ4n) is 2.22.